The van der Waals surface area contributed by atoms with E-state index in [0.29, 0.717) is 24.0 Å². The lowest BCUT2D eigenvalue weighted by molar-refractivity contribution is 0.0793. The number of carbonyl (C=O) groups is 1. The van der Waals surface area contributed by atoms with E-state index in [2.05, 4.69) is 0 Å². The first kappa shape index (κ1) is 17.5. The first-order chi connectivity index (χ1) is 10.7. The van der Waals surface area contributed by atoms with Gasteiger partial charge < -0.3 is 15.2 Å². The number of carbonyl (C=O) groups excluding carboxylic acids is 1. The minimum absolute atomic E-state index is 0. The molecule has 6 heteroatoms. The zero-order valence-electron chi connectivity index (χ0n) is 12.9. The summed E-state index contributed by atoms with van der Waals surface area (Å²) in [6.07, 6.45) is 4.63. The van der Waals surface area contributed by atoms with Crippen LogP contribution in [0.15, 0.2) is 42.4 Å². The lowest BCUT2D eigenvalue weighted by atomic mass is 10.1. The Bertz CT molecular complexity index is 720. The molecule has 1 fully saturated rings. The molecular weight excluding hydrogens is 317 g/mol. The molecule has 0 radical (unpaired) electrons. The number of nitrogens with two attached hydrogens (primary N) is 1. The summed E-state index contributed by atoms with van der Waals surface area (Å²) in [6.45, 7) is 2.32. The first-order valence-electron chi connectivity index (χ1n) is 7.59. The van der Waals surface area contributed by atoms with E-state index in [-0.39, 0.29) is 24.9 Å². The summed E-state index contributed by atoms with van der Waals surface area (Å²) >= 11 is 0. The van der Waals surface area contributed by atoms with E-state index in [0.717, 1.165) is 36.8 Å². The Morgan fingerprint density at radius 2 is 2.00 bits per heavy atom. The van der Waals surface area contributed by atoms with Crippen molar-refractivity contribution in [2.75, 3.05) is 19.6 Å². The van der Waals surface area contributed by atoms with Gasteiger partial charge in [-0.05, 0) is 42.7 Å². The Morgan fingerprint density at radius 3 is 2.65 bits per heavy atom. The number of likely N-dealkylation sites (tertiary alicyclic amines) is 1. The summed E-state index contributed by atoms with van der Waals surface area (Å²) < 4.78 is 14.6. The average molecular weight is 338 g/mol. The number of halogens is 2. The largest absolute Gasteiger partial charge is 0.343 e. The Morgan fingerprint density at radius 1 is 1.26 bits per heavy atom. The van der Waals surface area contributed by atoms with Crippen LogP contribution in [0.3, 0.4) is 0 Å². The highest BCUT2D eigenvalue weighted by atomic mass is 35.5. The van der Waals surface area contributed by atoms with Gasteiger partial charge in [-0.3, -0.25) is 4.79 Å². The van der Waals surface area contributed by atoms with Crippen LogP contribution in [-0.2, 0) is 6.54 Å². The standard InChI is InChI=1S/C17H20FN3O.ClH/c18-10-13(11-19)12-21-8-5-14-9-15(3-4-16(14)21)17(22)20-6-1-2-7-20;/h3-5,8-10H,1-2,6-7,11-12,19H2;1H/b13-10+;. The number of fused-ring (bicyclic) bond motifs is 1. The Hall–Kier alpha value is -1.85. The molecule has 3 rings (SSSR count). The molecule has 0 unspecified atom stereocenters. The van der Waals surface area contributed by atoms with Crippen LogP contribution in [0.4, 0.5) is 4.39 Å². The number of aromatic nitrogens is 1. The van der Waals surface area contributed by atoms with E-state index in [1.165, 1.54) is 0 Å². The number of hydrogen-bond acceptors (Lipinski definition) is 2. The van der Waals surface area contributed by atoms with Crippen molar-refractivity contribution in [1.29, 1.82) is 0 Å². The van der Waals surface area contributed by atoms with E-state index < -0.39 is 0 Å². The van der Waals surface area contributed by atoms with Gasteiger partial charge in [0.25, 0.3) is 5.91 Å². The van der Waals surface area contributed by atoms with E-state index in [9.17, 15) is 9.18 Å². The van der Waals surface area contributed by atoms with Gasteiger partial charge in [0.1, 0.15) is 0 Å². The molecule has 23 heavy (non-hydrogen) atoms. The molecule has 124 valence electrons. The first-order valence-corrected chi connectivity index (χ1v) is 7.59. The van der Waals surface area contributed by atoms with Gasteiger partial charge in [-0.1, -0.05) is 0 Å². The number of nitrogens with zero attached hydrogens (tertiary/aromatic N) is 2. The van der Waals surface area contributed by atoms with Crippen molar-refractivity contribution in [2.45, 2.75) is 19.4 Å². The quantitative estimate of drug-likeness (QED) is 0.932. The Balaban J connectivity index is 0.00000192. The fourth-order valence-corrected chi connectivity index (χ4v) is 2.94. The molecule has 2 N–H and O–H groups in total. The summed E-state index contributed by atoms with van der Waals surface area (Å²) in [6, 6.07) is 7.63. The van der Waals surface area contributed by atoms with Crippen LogP contribution in [0.25, 0.3) is 10.9 Å². The van der Waals surface area contributed by atoms with Gasteiger partial charge in [-0.2, -0.15) is 0 Å². The van der Waals surface area contributed by atoms with Crippen molar-refractivity contribution < 1.29 is 9.18 Å². The molecule has 0 atom stereocenters. The fraction of sp³-hybridized carbons (Fsp3) is 0.353. The molecule has 0 spiro atoms. The van der Waals surface area contributed by atoms with Gasteiger partial charge in [0.05, 0.1) is 6.33 Å². The van der Waals surface area contributed by atoms with Crippen molar-refractivity contribution in [3.05, 3.63) is 47.9 Å². The molecule has 0 aliphatic carbocycles. The van der Waals surface area contributed by atoms with Crippen LogP contribution in [0.2, 0.25) is 0 Å². The minimum atomic E-state index is 0. The van der Waals surface area contributed by atoms with Gasteiger partial charge in [-0.15, -0.1) is 12.4 Å². The molecule has 1 saturated heterocycles. The van der Waals surface area contributed by atoms with Crippen LogP contribution in [0, 0.1) is 0 Å². The van der Waals surface area contributed by atoms with Crippen molar-refractivity contribution >= 4 is 29.2 Å². The second-order valence-electron chi connectivity index (χ2n) is 5.69. The second-order valence-corrected chi connectivity index (χ2v) is 5.69. The molecular formula is C17H21ClFN3O. The van der Waals surface area contributed by atoms with Gasteiger partial charge in [-0.25, -0.2) is 4.39 Å². The zero-order valence-corrected chi connectivity index (χ0v) is 13.7. The molecule has 1 aliphatic rings. The van der Waals surface area contributed by atoms with E-state index in [1.54, 1.807) is 0 Å². The average Bonchev–Trinajstić information content (AvgIpc) is 3.21. The van der Waals surface area contributed by atoms with E-state index in [4.69, 9.17) is 5.73 Å². The summed E-state index contributed by atoms with van der Waals surface area (Å²) in [4.78, 5) is 14.3. The van der Waals surface area contributed by atoms with E-state index in [1.807, 2.05) is 39.9 Å². The van der Waals surface area contributed by atoms with Gasteiger partial charge in [0.15, 0.2) is 0 Å². The molecule has 1 aliphatic heterocycles. The highest BCUT2D eigenvalue weighted by Gasteiger charge is 2.19. The van der Waals surface area contributed by atoms with Crippen LogP contribution < -0.4 is 5.73 Å². The van der Waals surface area contributed by atoms with Crippen molar-refractivity contribution in [2.24, 2.45) is 5.73 Å². The highest BCUT2D eigenvalue weighted by molar-refractivity contribution is 5.98. The molecule has 1 amide bonds. The Kier molecular flexibility index (Phi) is 5.80. The molecule has 0 bridgehead atoms. The maximum atomic E-state index is 12.7. The zero-order chi connectivity index (χ0) is 15.5. The third-order valence-corrected chi connectivity index (χ3v) is 4.20. The predicted molar refractivity (Wildman–Crippen MR) is 92.6 cm³/mol. The number of amides is 1. The summed E-state index contributed by atoms with van der Waals surface area (Å²) in [5.74, 6) is 0.0958. The van der Waals surface area contributed by atoms with Gasteiger partial charge >= 0.3 is 0 Å². The third kappa shape index (κ3) is 3.57. The smallest absolute Gasteiger partial charge is 0.253 e. The maximum Gasteiger partial charge on any atom is 0.253 e. The molecule has 1 aromatic heterocycles. The topological polar surface area (TPSA) is 51.3 Å². The summed E-state index contributed by atoms with van der Waals surface area (Å²) in [7, 11) is 0. The van der Waals surface area contributed by atoms with Crippen LogP contribution in [0.1, 0.15) is 23.2 Å². The predicted octanol–water partition coefficient (Wildman–Crippen LogP) is 3.11. The van der Waals surface area contributed by atoms with Gasteiger partial charge in [0, 0.05) is 48.8 Å². The molecule has 4 nitrogen and oxygen atoms in total. The van der Waals surface area contributed by atoms with Crippen molar-refractivity contribution in [3.63, 3.8) is 0 Å². The molecule has 2 aromatic rings. The van der Waals surface area contributed by atoms with Crippen LogP contribution in [-0.4, -0.2) is 35.0 Å². The fourth-order valence-electron chi connectivity index (χ4n) is 2.94. The number of hydrogen-bond donors (Lipinski definition) is 1. The summed E-state index contributed by atoms with van der Waals surface area (Å²) in [5, 5.41) is 0.986. The summed E-state index contributed by atoms with van der Waals surface area (Å²) in [5.41, 5.74) is 7.74. The number of rotatable bonds is 4. The molecule has 1 aromatic carbocycles. The lowest BCUT2D eigenvalue weighted by Crippen LogP contribution is -2.27. The maximum absolute atomic E-state index is 12.7. The third-order valence-electron chi connectivity index (χ3n) is 4.20. The second kappa shape index (κ2) is 7.62. The van der Waals surface area contributed by atoms with Crippen LogP contribution in [0.5, 0.6) is 0 Å². The minimum Gasteiger partial charge on any atom is -0.343 e. The number of benzene rings is 1. The van der Waals surface area contributed by atoms with E-state index >= 15 is 0 Å². The SMILES string of the molecule is Cl.NC/C(=C\F)Cn1ccc2cc(C(=O)N3CCCC3)ccc21. The van der Waals surface area contributed by atoms with Crippen LogP contribution >= 0.6 is 12.4 Å². The molecule has 0 saturated carbocycles. The lowest BCUT2D eigenvalue weighted by Gasteiger charge is -2.15. The normalized spacial score (nSPS) is 15.0. The Labute approximate surface area is 141 Å². The monoisotopic (exact) mass is 337 g/mol. The van der Waals surface area contributed by atoms with Gasteiger partial charge in [0.2, 0.25) is 0 Å². The van der Waals surface area contributed by atoms with Crippen molar-refractivity contribution in [1.82, 2.24) is 9.47 Å². The highest BCUT2D eigenvalue weighted by Crippen LogP contribution is 2.21. The van der Waals surface area contributed by atoms with Crippen molar-refractivity contribution in [3.8, 4) is 0 Å². The molecule has 2 heterocycles.